The van der Waals surface area contributed by atoms with Crippen LogP contribution in [-0.4, -0.2) is 16.2 Å². The van der Waals surface area contributed by atoms with Crippen molar-refractivity contribution < 1.29 is 15.0 Å². The number of phenols is 1. The molecular weight excluding hydrogens is 216 g/mol. The van der Waals surface area contributed by atoms with Gasteiger partial charge < -0.3 is 10.2 Å². The number of carboxylic acids is 1. The van der Waals surface area contributed by atoms with Gasteiger partial charge in [0.05, 0.1) is 5.41 Å². The van der Waals surface area contributed by atoms with E-state index in [0.717, 1.165) is 6.42 Å². The Balaban J connectivity index is 2.48. The van der Waals surface area contributed by atoms with E-state index in [4.69, 9.17) is 11.6 Å². The Kier molecular flexibility index (Phi) is 2.35. The first-order valence-corrected chi connectivity index (χ1v) is 5.16. The Bertz CT molecular complexity index is 410. The van der Waals surface area contributed by atoms with Gasteiger partial charge in [0, 0.05) is 5.02 Å². The van der Waals surface area contributed by atoms with Crippen molar-refractivity contribution in [2.24, 2.45) is 0 Å². The van der Waals surface area contributed by atoms with Gasteiger partial charge in [0.1, 0.15) is 5.75 Å². The van der Waals surface area contributed by atoms with Crippen LogP contribution < -0.4 is 0 Å². The van der Waals surface area contributed by atoms with E-state index < -0.39 is 11.4 Å². The molecule has 80 valence electrons. The monoisotopic (exact) mass is 226 g/mol. The van der Waals surface area contributed by atoms with Gasteiger partial charge >= 0.3 is 5.97 Å². The number of benzene rings is 1. The minimum atomic E-state index is -0.832. The summed E-state index contributed by atoms with van der Waals surface area (Å²) >= 11 is 5.95. The molecule has 2 N–H and O–H groups in total. The van der Waals surface area contributed by atoms with Gasteiger partial charge in [-0.25, -0.2) is 0 Å². The van der Waals surface area contributed by atoms with Crippen LogP contribution in [0, 0.1) is 0 Å². The van der Waals surface area contributed by atoms with Gasteiger partial charge in [-0.2, -0.15) is 0 Å². The fourth-order valence-electron chi connectivity index (χ4n) is 2.02. The summed E-state index contributed by atoms with van der Waals surface area (Å²) in [6.45, 7) is 0. The molecular formula is C11H11ClO3. The van der Waals surface area contributed by atoms with Crippen LogP contribution in [0.15, 0.2) is 18.2 Å². The highest BCUT2D eigenvalue weighted by molar-refractivity contribution is 6.32. The molecule has 1 aliphatic rings. The second-order valence-electron chi connectivity index (χ2n) is 3.90. The van der Waals surface area contributed by atoms with E-state index in [1.165, 1.54) is 12.1 Å². The van der Waals surface area contributed by atoms with Crippen molar-refractivity contribution >= 4 is 17.6 Å². The van der Waals surface area contributed by atoms with E-state index in [-0.39, 0.29) is 5.75 Å². The number of carboxylic acid groups (broad SMARTS) is 1. The minimum Gasteiger partial charge on any atom is -0.508 e. The van der Waals surface area contributed by atoms with Crippen molar-refractivity contribution in [1.82, 2.24) is 0 Å². The summed E-state index contributed by atoms with van der Waals surface area (Å²) in [4.78, 5) is 11.2. The molecule has 1 aliphatic carbocycles. The first-order chi connectivity index (χ1) is 7.06. The maximum absolute atomic E-state index is 11.2. The summed E-state index contributed by atoms with van der Waals surface area (Å²) in [5.74, 6) is -0.773. The van der Waals surface area contributed by atoms with Crippen LogP contribution >= 0.6 is 11.6 Å². The smallest absolute Gasteiger partial charge is 0.314 e. The fraction of sp³-hybridized carbons (Fsp3) is 0.364. The van der Waals surface area contributed by atoms with Gasteiger partial charge in [-0.05, 0) is 30.5 Å². The van der Waals surface area contributed by atoms with Crippen LogP contribution in [-0.2, 0) is 10.2 Å². The first-order valence-electron chi connectivity index (χ1n) is 4.79. The second kappa shape index (κ2) is 3.42. The number of hydrogen-bond donors (Lipinski definition) is 2. The third-order valence-corrected chi connectivity index (χ3v) is 3.40. The highest BCUT2D eigenvalue weighted by Gasteiger charge is 2.47. The summed E-state index contributed by atoms with van der Waals surface area (Å²) in [6, 6.07) is 4.47. The van der Waals surface area contributed by atoms with Crippen LogP contribution in [0.2, 0.25) is 5.02 Å². The number of halogens is 1. The zero-order valence-corrected chi connectivity index (χ0v) is 8.79. The second-order valence-corrected chi connectivity index (χ2v) is 4.31. The Morgan fingerprint density at radius 3 is 2.47 bits per heavy atom. The molecule has 15 heavy (non-hydrogen) atoms. The summed E-state index contributed by atoms with van der Waals surface area (Å²) in [5, 5.41) is 18.7. The molecule has 0 aromatic heterocycles. The Labute approximate surface area is 92.3 Å². The van der Waals surface area contributed by atoms with Crippen LogP contribution in [0.1, 0.15) is 24.8 Å². The van der Waals surface area contributed by atoms with Crippen LogP contribution in [0.4, 0.5) is 0 Å². The van der Waals surface area contributed by atoms with Crippen molar-refractivity contribution in [2.75, 3.05) is 0 Å². The van der Waals surface area contributed by atoms with Crippen LogP contribution in [0.25, 0.3) is 0 Å². The summed E-state index contributed by atoms with van der Waals surface area (Å²) in [5.41, 5.74) is -0.217. The lowest BCUT2D eigenvalue weighted by Crippen LogP contribution is -2.42. The van der Waals surface area contributed by atoms with E-state index in [1.54, 1.807) is 6.07 Å². The van der Waals surface area contributed by atoms with Crippen LogP contribution in [0.5, 0.6) is 5.75 Å². The average Bonchev–Trinajstić information content (AvgIpc) is 2.05. The van der Waals surface area contributed by atoms with E-state index >= 15 is 0 Å². The number of aliphatic carboxylic acids is 1. The highest BCUT2D eigenvalue weighted by Crippen LogP contribution is 2.46. The van der Waals surface area contributed by atoms with E-state index in [9.17, 15) is 15.0 Å². The van der Waals surface area contributed by atoms with Gasteiger partial charge in [-0.15, -0.1) is 0 Å². The van der Waals surface area contributed by atoms with Crippen molar-refractivity contribution in [1.29, 1.82) is 0 Å². The third kappa shape index (κ3) is 1.47. The molecule has 1 saturated carbocycles. The van der Waals surface area contributed by atoms with E-state index in [0.29, 0.717) is 23.4 Å². The lowest BCUT2D eigenvalue weighted by molar-refractivity contribution is -0.147. The summed E-state index contributed by atoms with van der Waals surface area (Å²) in [6.07, 6.45) is 2.14. The normalized spacial score (nSPS) is 18.2. The van der Waals surface area contributed by atoms with Gasteiger partial charge in [0.15, 0.2) is 0 Å². The molecule has 4 heteroatoms. The van der Waals surface area contributed by atoms with Gasteiger partial charge in [0.25, 0.3) is 0 Å². The first kappa shape index (κ1) is 10.3. The molecule has 0 radical (unpaired) electrons. The molecule has 0 unspecified atom stereocenters. The molecule has 0 saturated heterocycles. The standard InChI is InChI=1S/C11H11ClO3/c12-9-6-7(13)2-3-8(9)11(10(14)15)4-1-5-11/h2-3,6,13H,1,4-5H2,(H,14,15). The maximum atomic E-state index is 11.2. The SMILES string of the molecule is O=C(O)C1(c2ccc(O)cc2Cl)CCC1. The van der Waals surface area contributed by atoms with Crippen molar-refractivity contribution in [3.05, 3.63) is 28.8 Å². The van der Waals surface area contributed by atoms with Crippen molar-refractivity contribution in [3.63, 3.8) is 0 Å². The molecule has 0 atom stereocenters. The van der Waals surface area contributed by atoms with Crippen molar-refractivity contribution in [2.45, 2.75) is 24.7 Å². The molecule has 2 rings (SSSR count). The third-order valence-electron chi connectivity index (χ3n) is 3.08. The predicted molar refractivity (Wildman–Crippen MR) is 56.3 cm³/mol. The quantitative estimate of drug-likeness (QED) is 0.815. The lowest BCUT2D eigenvalue weighted by atomic mass is 9.64. The molecule has 0 bridgehead atoms. The molecule has 1 aromatic carbocycles. The Hall–Kier alpha value is -1.22. The zero-order valence-electron chi connectivity index (χ0n) is 8.03. The topological polar surface area (TPSA) is 57.5 Å². The number of hydrogen-bond acceptors (Lipinski definition) is 2. The molecule has 0 heterocycles. The molecule has 1 aromatic rings. The lowest BCUT2D eigenvalue weighted by Gasteiger charge is -2.38. The maximum Gasteiger partial charge on any atom is 0.314 e. The van der Waals surface area contributed by atoms with Gasteiger partial charge in [0.2, 0.25) is 0 Å². The molecule has 1 fully saturated rings. The zero-order chi connectivity index (χ0) is 11.1. The van der Waals surface area contributed by atoms with E-state index in [1.807, 2.05) is 0 Å². The molecule has 3 nitrogen and oxygen atoms in total. The number of carbonyl (C=O) groups is 1. The number of phenolic OH excluding ortho intramolecular Hbond substituents is 1. The molecule has 0 spiro atoms. The Morgan fingerprint density at radius 2 is 2.07 bits per heavy atom. The summed E-state index contributed by atoms with van der Waals surface area (Å²) in [7, 11) is 0. The largest absolute Gasteiger partial charge is 0.508 e. The summed E-state index contributed by atoms with van der Waals surface area (Å²) < 4.78 is 0. The Morgan fingerprint density at radius 1 is 1.40 bits per heavy atom. The molecule has 0 aliphatic heterocycles. The average molecular weight is 227 g/mol. The predicted octanol–water partition coefficient (Wildman–Crippen LogP) is 2.55. The van der Waals surface area contributed by atoms with Gasteiger partial charge in [-0.3, -0.25) is 4.79 Å². The van der Waals surface area contributed by atoms with Crippen LogP contribution in [0.3, 0.4) is 0 Å². The molecule has 0 amide bonds. The number of aromatic hydroxyl groups is 1. The fourth-order valence-corrected chi connectivity index (χ4v) is 2.38. The van der Waals surface area contributed by atoms with Crippen molar-refractivity contribution in [3.8, 4) is 5.75 Å². The minimum absolute atomic E-state index is 0.0589. The number of rotatable bonds is 2. The van der Waals surface area contributed by atoms with Gasteiger partial charge in [-0.1, -0.05) is 24.1 Å². The highest BCUT2D eigenvalue weighted by atomic mass is 35.5. The van der Waals surface area contributed by atoms with E-state index in [2.05, 4.69) is 0 Å².